The highest BCUT2D eigenvalue weighted by molar-refractivity contribution is 9.09. The fourth-order valence-corrected chi connectivity index (χ4v) is 4.26. The molecule has 0 N–H and O–H groups in total. The summed E-state index contributed by atoms with van der Waals surface area (Å²) in [5, 5.41) is 0. The van der Waals surface area contributed by atoms with Gasteiger partial charge in [-0.15, -0.1) is 0 Å². The van der Waals surface area contributed by atoms with Crippen LogP contribution in [-0.4, -0.2) is 23.8 Å². The number of carbonyl (C=O) groups is 2. The molecule has 0 bridgehead atoms. The van der Waals surface area contributed by atoms with E-state index < -0.39 is 0 Å². The smallest absolute Gasteiger partial charge is 0.260 e. The maximum Gasteiger partial charge on any atom is 0.260 e. The van der Waals surface area contributed by atoms with E-state index in [0.717, 1.165) is 11.1 Å². The first-order valence-corrected chi connectivity index (χ1v) is 8.42. The molecule has 1 saturated carbocycles. The molecule has 0 radical (unpaired) electrons. The van der Waals surface area contributed by atoms with Crippen LogP contribution in [0.1, 0.15) is 58.9 Å². The third-order valence-corrected chi connectivity index (χ3v) is 6.67. The molecule has 0 aromatic heterocycles. The van der Waals surface area contributed by atoms with Crippen molar-refractivity contribution in [2.24, 2.45) is 5.41 Å². The Morgan fingerprint density at radius 3 is 2.57 bits per heavy atom. The van der Waals surface area contributed by atoms with Crippen LogP contribution < -0.4 is 0 Å². The van der Waals surface area contributed by atoms with Gasteiger partial charge in [-0.2, -0.15) is 0 Å². The van der Waals surface area contributed by atoms with E-state index in [1.807, 2.05) is 12.1 Å². The average Bonchev–Trinajstić information content (AvgIpc) is 2.92. The normalized spacial score (nSPS) is 22.3. The fraction of sp³-hybridized carbons (Fsp3) is 0.529. The van der Waals surface area contributed by atoms with Gasteiger partial charge >= 0.3 is 0 Å². The lowest BCUT2D eigenvalue weighted by Crippen LogP contribution is -2.39. The minimum absolute atomic E-state index is 0.126. The zero-order valence-electron chi connectivity index (χ0n) is 12.5. The molecule has 0 saturated heterocycles. The lowest BCUT2D eigenvalue weighted by Gasteiger charge is -2.31. The van der Waals surface area contributed by atoms with Crippen LogP contribution in [-0.2, 0) is 11.2 Å². The number of benzene rings is 1. The van der Waals surface area contributed by atoms with Crippen LogP contribution in [0.25, 0.3) is 0 Å². The largest absolute Gasteiger partial charge is 0.281 e. The Balaban J connectivity index is 1.96. The van der Waals surface area contributed by atoms with Crippen molar-refractivity contribution in [2.75, 3.05) is 7.05 Å². The van der Waals surface area contributed by atoms with Gasteiger partial charge < -0.3 is 0 Å². The molecule has 3 rings (SSSR count). The highest BCUT2D eigenvalue weighted by Crippen LogP contribution is 2.51. The van der Waals surface area contributed by atoms with Crippen molar-refractivity contribution in [3.63, 3.8) is 0 Å². The standard InChI is InChI=1S/C17H20BrNO2/c1-17(7-3-4-8-17)15(18)12-6-5-11-10-14(20)19(2)16(21)13(11)9-12/h5-6,9,15H,3-4,7-8,10H2,1-2H3. The first-order chi connectivity index (χ1) is 9.92. The minimum Gasteiger partial charge on any atom is -0.281 e. The number of rotatable bonds is 2. The summed E-state index contributed by atoms with van der Waals surface area (Å²) in [6.45, 7) is 2.32. The van der Waals surface area contributed by atoms with Gasteiger partial charge in [0.25, 0.3) is 5.91 Å². The van der Waals surface area contributed by atoms with Gasteiger partial charge in [0.2, 0.25) is 5.91 Å². The van der Waals surface area contributed by atoms with Crippen molar-refractivity contribution >= 4 is 27.7 Å². The van der Waals surface area contributed by atoms with Crippen LogP contribution in [0.3, 0.4) is 0 Å². The van der Waals surface area contributed by atoms with E-state index in [-0.39, 0.29) is 22.1 Å². The number of likely N-dealkylation sites (N-methyl/N-ethyl adjacent to an activating group) is 1. The monoisotopic (exact) mass is 349 g/mol. The first kappa shape index (κ1) is 14.8. The summed E-state index contributed by atoms with van der Waals surface area (Å²) in [6, 6.07) is 5.98. The van der Waals surface area contributed by atoms with E-state index in [1.165, 1.54) is 30.6 Å². The molecule has 0 spiro atoms. The van der Waals surface area contributed by atoms with Crippen molar-refractivity contribution in [3.05, 3.63) is 34.9 Å². The topological polar surface area (TPSA) is 37.4 Å². The van der Waals surface area contributed by atoms with Gasteiger partial charge in [-0.3, -0.25) is 14.5 Å². The van der Waals surface area contributed by atoms with Crippen molar-refractivity contribution in [1.82, 2.24) is 4.90 Å². The molecular weight excluding hydrogens is 330 g/mol. The summed E-state index contributed by atoms with van der Waals surface area (Å²) in [6.07, 6.45) is 5.31. The second kappa shape index (κ2) is 5.24. The molecule has 4 heteroatoms. The van der Waals surface area contributed by atoms with Gasteiger partial charge in [-0.05, 0) is 35.4 Å². The molecule has 1 heterocycles. The van der Waals surface area contributed by atoms with Gasteiger partial charge in [0.15, 0.2) is 0 Å². The molecule has 1 fully saturated rings. The van der Waals surface area contributed by atoms with Crippen molar-refractivity contribution in [3.8, 4) is 0 Å². The number of fused-ring (bicyclic) bond motifs is 1. The Hall–Kier alpha value is -1.16. The maximum absolute atomic E-state index is 12.3. The Morgan fingerprint density at radius 2 is 1.90 bits per heavy atom. The Labute approximate surface area is 133 Å². The Kier molecular flexibility index (Phi) is 3.68. The quantitative estimate of drug-likeness (QED) is 0.600. The molecule has 2 amide bonds. The molecule has 3 nitrogen and oxygen atoms in total. The number of carbonyl (C=O) groups excluding carboxylic acids is 2. The second-order valence-electron chi connectivity index (χ2n) is 6.57. The molecule has 1 aliphatic carbocycles. The molecule has 112 valence electrons. The maximum atomic E-state index is 12.3. The number of imide groups is 1. The van der Waals surface area contributed by atoms with Crippen LogP contribution in [0.2, 0.25) is 0 Å². The highest BCUT2D eigenvalue weighted by atomic mass is 79.9. The zero-order chi connectivity index (χ0) is 15.2. The van der Waals surface area contributed by atoms with Gasteiger partial charge in [-0.25, -0.2) is 0 Å². The summed E-state index contributed by atoms with van der Waals surface area (Å²) in [5.74, 6) is -0.308. The predicted octanol–water partition coefficient (Wildman–Crippen LogP) is 3.86. The molecule has 1 aromatic carbocycles. The second-order valence-corrected chi connectivity index (χ2v) is 7.49. The number of nitrogens with zero attached hydrogens (tertiary/aromatic N) is 1. The van der Waals surface area contributed by atoms with Crippen molar-refractivity contribution < 1.29 is 9.59 Å². The third-order valence-electron chi connectivity index (χ3n) is 5.04. The fourth-order valence-electron chi connectivity index (χ4n) is 3.52. The van der Waals surface area contributed by atoms with Crippen LogP contribution in [0.5, 0.6) is 0 Å². The Bertz CT molecular complexity index is 605. The molecule has 1 aromatic rings. The van der Waals surface area contributed by atoms with Gasteiger partial charge in [0.1, 0.15) is 0 Å². The summed E-state index contributed by atoms with van der Waals surface area (Å²) in [5.41, 5.74) is 2.94. The third kappa shape index (κ3) is 2.44. The molecule has 1 aliphatic heterocycles. The van der Waals surface area contributed by atoms with Crippen LogP contribution in [0, 0.1) is 5.41 Å². The van der Waals surface area contributed by atoms with Crippen molar-refractivity contribution in [2.45, 2.75) is 43.9 Å². The molecule has 21 heavy (non-hydrogen) atoms. The molecule has 1 atom stereocenters. The number of hydrogen-bond donors (Lipinski definition) is 0. The minimum atomic E-state index is -0.181. The van der Waals surface area contributed by atoms with E-state index in [4.69, 9.17) is 0 Å². The van der Waals surface area contributed by atoms with Crippen molar-refractivity contribution in [1.29, 1.82) is 0 Å². The number of halogens is 1. The zero-order valence-corrected chi connectivity index (χ0v) is 14.1. The summed E-state index contributed by atoms with van der Waals surface area (Å²) in [7, 11) is 1.56. The molecule has 1 unspecified atom stereocenters. The molecular formula is C17H20BrNO2. The van der Waals surface area contributed by atoms with Gasteiger partial charge in [0, 0.05) is 17.4 Å². The van der Waals surface area contributed by atoms with E-state index in [1.54, 1.807) is 7.05 Å². The van der Waals surface area contributed by atoms with E-state index in [2.05, 4.69) is 28.9 Å². The van der Waals surface area contributed by atoms with Gasteiger partial charge in [-0.1, -0.05) is 47.8 Å². The summed E-state index contributed by atoms with van der Waals surface area (Å²) < 4.78 is 0. The van der Waals surface area contributed by atoms with Crippen LogP contribution in [0.15, 0.2) is 18.2 Å². The van der Waals surface area contributed by atoms with E-state index in [9.17, 15) is 9.59 Å². The number of hydrogen-bond acceptors (Lipinski definition) is 2. The molecule has 2 aliphatic rings. The number of alkyl halides is 1. The van der Waals surface area contributed by atoms with Gasteiger partial charge in [0.05, 0.1) is 6.42 Å². The first-order valence-electron chi connectivity index (χ1n) is 7.50. The SMILES string of the molecule is CN1C(=O)Cc2ccc(C(Br)C3(C)CCCC3)cc2C1=O. The lowest BCUT2D eigenvalue weighted by molar-refractivity contribution is -0.127. The number of amides is 2. The average molecular weight is 350 g/mol. The van der Waals surface area contributed by atoms with Crippen LogP contribution >= 0.6 is 15.9 Å². The lowest BCUT2D eigenvalue weighted by atomic mass is 9.81. The Morgan fingerprint density at radius 1 is 1.24 bits per heavy atom. The van der Waals surface area contributed by atoms with E-state index in [0.29, 0.717) is 12.0 Å². The highest BCUT2D eigenvalue weighted by Gasteiger charge is 2.37. The predicted molar refractivity (Wildman–Crippen MR) is 85.5 cm³/mol. The van der Waals surface area contributed by atoms with Crippen LogP contribution in [0.4, 0.5) is 0 Å². The summed E-state index contributed by atoms with van der Waals surface area (Å²) in [4.78, 5) is 25.5. The summed E-state index contributed by atoms with van der Waals surface area (Å²) >= 11 is 3.85. The van der Waals surface area contributed by atoms with E-state index >= 15 is 0 Å².